The number of carbonyl (C=O) groups is 2. The summed E-state index contributed by atoms with van der Waals surface area (Å²) in [6.45, 7) is 2.30. The minimum atomic E-state index is 0.0296. The second-order valence-electron chi connectivity index (χ2n) is 6.02. The Bertz CT molecular complexity index is 585. The van der Waals surface area contributed by atoms with Crippen molar-refractivity contribution in [1.29, 1.82) is 0 Å². The zero-order valence-corrected chi connectivity index (χ0v) is 12.3. The van der Waals surface area contributed by atoms with Gasteiger partial charge in [-0.25, -0.2) is 0 Å². The van der Waals surface area contributed by atoms with Crippen LogP contribution in [0.25, 0.3) is 0 Å². The van der Waals surface area contributed by atoms with Crippen LogP contribution in [0.4, 0.5) is 11.4 Å². The van der Waals surface area contributed by atoms with Gasteiger partial charge in [0.1, 0.15) is 0 Å². The summed E-state index contributed by atoms with van der Waals surface area (Å²) in [7, 11) is 0. The molecular formula is C16H21N3O2. The van der Waals surface area contributed by atoms with Crippen molar-refractivity contribution < 1.29 is 9.59 Å². The summed E-state index contributed by atoms with van der Waals surface area (Å²) in [6.07, 6.45) is 3.41. The second kappa shape index (κ2) is 5.48. The van der Waals surface area contributed by atoms with Crippen LogP contribution in [0.5, 0.6) is 0 Å². The van der Waals surface area contributed by atoms with E-state index in [0.29, 0.717) is 0 Å². The van der Waals surface area contributed by atoms with E-state index in [9.17, 15) is 9.59 Å². The minimum absolute atomic E-state index is 0.0296. The van der Waals surface area contributed by atoms with Crippen molar-refractivity contribution in [3.05, 3.63) is 23.8 Å². The molecule has 0 bridgehead atoms. The number of carbonyl (C=O) groups excluding carboxylic acids is 2. The second-order valence-corrected chi connectivity index (χ2v) is 6.02. The van der Waals surface area contributed by atoms with Crippen molar-refractivity contribution in [2.45, 2.75) is 38.6 Å². The Morgan fingerprint density at radius 3 is 2.81 bits per heavy atom. The third-order valence-corrected chi connectivity index (χ3v) is 4.47. The van der Waals surface area contributed by atoms with Gasteiger partial charge in [-0.05, 0) is 49.4 Å². The van der Waals surface area contributed by atoms with Crippen LogP contribution in [0.2, 0.25) is 0 Å². The molecule has 2 aliphatic rings. The number of nitrogens with two attached hydrogens (primary N) is 1. The minimum Gasteiger partial charge on any atom is -0.328 e. The molecule has 1 aliphatic heterocycles. The van der Waals surface area contributed by atoms with E-state index in [0.717, 1.165) is 49.2 Å². The van der Waals surface area contributed by atoms with Crippen LogP contribution in [0, 0.1) is 5.92 Å². The topological polar surface area (TPSA) is 75.4 Å². The van der Waals surface area contributed by atoms with E-state index in [1.165, 1.54) is 0 Å². The molecule has 1 aromatic carbocycles. The molecule has 0 saturated heterocycles. The molecule has 2 atom stereocenters. The van der Waals surface area contributed by atoms with E-state index in [1.54, 1.807) is 11.8 Å². The predicted molar refractivity (Wildman–Crippen MR) is 82.1 cm³/mol. The first kappa shape index (κ1) is 14.1. The summed E-state index contributed by atoms with van der Waals surface area (Å²) in [6, 6.07) is 5.92. The molecule has 0 aromatic heterocycles. The lowest BCUT2D eigenvalue weighted by molar-refractivity contribution is -0.119. The predicted octanol–water partition coefficient (Wildman–Crippen LogP) is 1.66. The van der Waals surface area contributed by atoms with Gasteiger partial charge in [0.05, 0.1) is 0 Å². The normalized spacial score (nSPS) is 24.0. The highest BCUT2D eigenvalue weighted by atomic mass is 16.2. The van der Waals surface area contributed by atoms with Crippen molar-refractivity contribution in [3.8, 4) is 0 Å². The van der Waals surface area contributed by atoms with Gasteiger partial charge < -0.3 is 16.0 Å². The van der Waals surface area contributed by atoms with E-state index in [1.807, 2.05) is 18.2 Å². The lowest BCUT2D eigenvalue weighted by Crippen LogP contribution is -2.25. The number of amides is 2. The van der Waals surface area contributed by atoms with Crippen LogP contribution in [0.3, 0.4) is 0 Å². The van der Waals surface area contributed by atoms with E-state index in [4.69, 9.17) is 5.73 Å². The first-order chi connectivity index (χ1) is 10.0. The maximum Gasteiger partial charge on any atom is 0.227 e. The van der Waals surface area contributed by atoms with Crippen LogP contribution < -0.4 is 16.0 Å². The monoisotopic (exact) mass is 287 g/mol. The smallest absolute Gasteiger partial charge is 0.227 e. The van der Waals surface area contributed by atoms with E-state index >= 15 is 0 Å². The molecule has 2 amide bonds. The number of fused-ring (bicyclic) bond motifs is 1. The first-order valence-corrected chi connectivity index (χ1v) is 7.52. The quantitative estimate of drug-likeness (QED) is 0.868. The number of rotatable bonds is 2. The van der Waals surface area contributed by atoms with Crippen molar-refractivity contribution in [3.63, 3.8) is 0 Å². The fraction of sp³-hybridized carbons (Fsp3) is 0.500. The average molecular weight is 287 g/mol. The molecule has 3 N–H and O–H groups in total. The molecule has 1 heterocycles. The van der Waals surface area contributed by atoms with Gasteiger partial charge in [-0.1, -0.05) is 0 Å². The van der Waals surface area contributed by atoms with Gasteiger partial charge in [0, 0.05) is 36.8 Å². The van der Waals surface area contributed by atoms with Crippen molar-refractivity contribution in [2.75, 3.05) is 16.8 Å². The third-order valence-electron chi connectivity index (χ3n) is 4.47. The van der Waals surface area contributed by atoms with Gasteiger partial charge in [0.2, 0.25) is 11.8 Å². The summed E-state index contributed by atoms with van der Waals surface area (Å²) in [4.78, 5) is 25.5. The molecule has 1 aliphatic carbocycles. The summed E-state index contributed by atoms with van der Waals surface area (Å²) >= 11 is 0. The summed E-state index contributed by atoms with van der Waals surface area (Å²) in [5, 5.41) is 2.98. The van der Waals surface area contributed by atoms with Gasteiger partial charge in [-0.2, -0.15) is 0 Å². The van der Waals surface area contributed by atoms with Gasteiger partial charge >= 0.3 is 0 Å². The van der Waals surface area contributed by atoms with Gasteiger partial charge in [0.15, 0.2) is 0 Å². The lowest BCUT2D eigenvalue weighted by atomic mass is 10.1. The van der Waals surface area contributed by atoms with Crippen molar-refractivity contribution in [1.82, 2.24) is 0 Å². The van der Waals surface area contributed by atoms with Crippen molar-refractivity contribution >= 4 is 23.2 Å². The average Bonchev–Trinajstić information content (AvgIpc) is 3.04. The fourth-order valence-corrected chi connectivity index (χ4v) is 3.31. The number of benzene rings is 1. The van der Waals surface area contributed by atoms with E-state index in [-0.39, 0.29) is 23.8 Å². The largest absolute Gasteiger partial charge is 0.328 e. The zero-order chi connectivity index (χ0) is 15.0. The summed E-state index contributed by atoms with van der Waals surface area (Å²) in [5.41, 5.74) is 8.74. The number of anilines is 2. The molecule has 5 heteroatoms. The molecule has 112 valence electrons. The Morgan fingerprint density at radius 2 is 2.14 bits per heavy atom. The maximum absolute atomic E-state index is 12.2. The maximum atomic E-state index is 12.2. The van der Waals surface area contributed by atoms with Crippen LogP contribution in [0.1, 0.15) is 31.7 Å². The number of hydrogen-bond donors (Lipinski definition) is 2. The van der Waals surface area contributed by atoms with Crippen LogP contribution in [-0.4, -0.2) is 24.4 Å². The standard InChI is InChI=1S/C16H21N3O2/c1-10(20)19-7-6-11-9-14(4-5-15(11)19)18-16(21)12-2-3-13(17)8-12/h4-5,9,12-13H,2-3,6-8,17H2,1H3,(H,18,21). The highest BCUT2D eigenvalue weighted by molar-refractivity contribution is 5.96. The Hall–Kier alpha value is -1.88. The zero-order valence-electron chi connectivity index (χ0n) is 12.3. The van der Waals surface area contributed by atoms with E-state index in [2.05, 4.69) is 5.32 Å². The SMILES string of the molecule is CC(=O)N1CCc2cc(NC(=O)C3CCC(N)C3)ccc21. The summed E-state index contributed by atoms with van der Waals surface area (Å²) < 4.78 is 0. The molecule has 0 spiro atoms. The number of nitrogens with zero attached hydrogens (tertiary/aromatic N) is 1. The number of hydrogen-bond acceptors (Lipinski definition) is 3. The molecule has 1 aromatic rings. The molecule has 0 radical (unpaired) electrons. The molecular weight excluding hydrogens is 266 g/mol. The third kappa shape index (κ3) is 2.78. The molecule has 21 heavy (non-hydrogen) atoms. The molecule has 1 saturated carbocycles. The van der Waals surface area contributed by atoms with E-state index < -0.39 is 0 Å². The van der Waals surface area contributed by atoms with Gasteiger partial charge in [-0.15, -0.1) is 0 Å². The highest BCUT2D eigenvalue weighted by Gasteiger charge is 2.28. The first-order valence-electron chi connectivity index (χ1n) is 7.52. The Balaban J connectivity index is 1.70. The Morgan fingerprint density at radius 1 is 1.33 bits per heavy atom. The summed E-state index contributed by atoms with van der Waals surface area (Å²) in [5.74, 6) is 0.150. The highest BCUT2D eigenvalue weighted by Crippen LogP contribution is 2.31. The number of nitrogens with one attached hydrogen (secondary N) is 1. The molecule has 1 fully saturated rings. The Kier molecular flexibility index (Phi) is 3.68. The van der Waals surface area contributed by atoms with Gasteiger partial charge in [-0.3, -0.25) is 9.59 Å². The van der Waals surface area contributed by atoms with Crippen LogP contribution >= 0.6 is 0 Å². The van der Waals surface area contributed by atoms with Gasteiger partial charge in [0.25, 0.3) is 0 Å². The van der Waals surface area contributed by atoms with Crippen LogP contribution in [0.15, 0.2) is 18.2 Å². The molecule has 5 nitrogen and oxygen atoms in total. The van der Waals surface area contributed by atoms with Crippen LogP contribution in [-0.2, 0) is 16.0 Å². The fourth-order valence-electron chi connectivity index (χ4n) is 3.31. The Labute approximate surface area is 124 Å². The molecule has 2 unspecified atom stereocenters. The lowest BCUT2D eigenvalue weighted by Gasteiger charge is -2.15. The van der Waals surface area contributed by atoms with Crippen molar-refractivity contribution in [2.24, 2.45) is 11.7 Å². The molecule has 3 rings (SSSR count).